The molecule has 128 valence electrons. The third-order valence-electron chi connectivity index (χ3n) is 3.65. The number of pyridine rings is 1. The van der Waals surface area contributed by atoms with Crippen molar-refractivity contribution >= 4 is 17.5 Å². The van der Waals surface area contributed by atoms with E-state index < -0.39 is 4.92 Å². The van der Waals surface area contributed by atoms with Gasteiger partial charge in [-0.2, -0.15) is 0 Å². The molecule has 1 aromatic heterocycles. The zero-order valence-corrected chi connectivity index (χ0v) is 13.8. The molecule has 0 saturated heterocycles. The van der Waals surface area contributed by atoms with Gasteiger partial charge in [0.25, 0.3) is 5.69 Å². The monoisotopic (exact) mass is 323 g/mol. The van der Waals surface area contributed by atoms with Gasteiger partial charge in [-0.3, -0.25) is 14.9 Å². The summed E-state index contributed by atoms with van der Waals surface area (Å²) in [7, 11) is 0. The van der Waals surface area contributed by atoms with Crippen LogP contribution in [0.4, 0.5) is 11.5 Å². The molecule has 0 saturated carbocycles. The number of nitrogens with zero attached hydrogens (tertiary/aromatic N) is 2. The van der Waals surface area contributed by atoms with Gasteiger partial charge < -0.3 is 10.1 Å². The van der Waals surface area contributed by atoms with Gasteiger partial charge in [-0.05, 0) is 38.2 Å². The first-order valence-electron chi connectivity index (χ1n) is 8.09. The Bertz CT molecular complexity index is 487. The predicted molar refractivity (Wildman–Crippen MR) is 88.3 cm³/mol. The molecule has 23 heavy (non-hydrogen) atoms. The zero-order chi connectivity index (χ0) is 17.1. The Labute approximate surface area is 136 Å². The minimum Gasteiger partial charge on any atom is -0.465 e. The molecule has 7 heteroatoms. The molecule has 0 aromatic carbocycles. The van der Waals surface area contributed by atoms with E-state index in [0.29, 0.717) is 12.4 Å². The number of hydrogen-bond donors (Lipinski definition) is 1. The van der Waals surface area contributed by atoms with Crippen molar-refractivity contribution in [3.05, 3.63) is 28.4 Å². The lowest BCUT2D eigenvalue weighted by Gasteiger charge is -2.11. The molecule has 0 fully saturated rings. The Kier molecular flexibility index (Phi) is 8.64. The maximum atomic E-state index is 11.7. The molecular formula is C16H25N3O4. The van der Waals surface area contributed by atoms with Crippen molar-refractivity contribution in [2.45, 2.75) is 46.0 Å². The zero-order valence-electron chi connectivity index (χ0n) is 13.8. The molecule has 0 spiro atoms. The van der Waals surface area contributed by atoms with Gasteiger partial charge in [0.05, 0.1) is 17.4 Å². The number of ether oxygens (including phenoxy) is 1. The highest BCUT2D eigenvalue weighted by molar-refractivity contribution is 5.72. The first-order chi connectivity index (χ1) is 11.1. The number of nitrogens with one attached hydrogen (secondary N) is 1. The van der Waals surface area contributed by atoms with E-state index in [0.717, 1.165) is 38.6 Å². The van der Waals surface area contributed by atoms with Crippen LogP contribution in [0, 0.1) is 16.0 Å². The quantitative estimate of drug-likeness (QED) is 0.290. The van der Waals surface area contributed by atoms with Crippen LogP contribution in [-0.2, 0) is 9.53 Å². The second-order valence-electron chi connectivity index (χ2n) is 5.33. The maximum Gasteiger partial charge on any atom is 0.308 e. The Hall–Kier alpha value is -2.18. The van der Waals surface area contributed by atoms with Gasteiger partial charge in [-0.25, -0.2) is 4.98 Å². The molecule has 0 aliphatic carbocycles. The number of aromatic nitrogens is 1. The van der Waals surface area contributed by atoms with Gasteiger partial charge in [0.1, 0.15) is 12.0 Å². The molecule has 0 radical (unpaired) electrons. The van der Waals surface area contributed by atoms with Crippen LogP contribution in [0.3, 0.4) is 0 Å². The van der Waals surface area contributed by atoms with Crippen LogP contribution in [0.15, 0.2) is 18.3 Å². The normalized spacial score (nSPS) is 10.6. The third kappa shape index (κ3) is 7.08. The Morgan fingerprint density at radius 1 is 1.30 bits per heavy atom. The lowest BCUT2D eigenvalue weighted by atomic mass is 10.0. The number of hydrogen-bond acceptors (Lipinski definition) is 6. The summed E-state index contributed by atoms with van der Waals surface area (Å²) >= 11 is 0. The lowest BCUT2D eigenvalue weighted by Crippen LogP contribution is -2.17. The second-order valence-corrected chi connectivity index (χ2v) is 5.33. The highest BCUT2D eigenvalue weighted by atomic mass is 16.6. The summed E-state index contributed by atoms with van der Waals surface area (Å²) in [4.78, 5) is 25.7. The summed E-state index contributed by atoms with van der Waals surface area (Å²) in [5.74, 6) is 0.545. The third-order valence-corrected chi connectivity index (χ3v) is 3.65. The summed E-state index contributed by atoms with van der Waals surface area (Å²) in [5, 5.41) is 13.6. The number of anilines is 1. The van der Waals surface area contributed by atoms with Gasteiger partial charge in [0, 0.05) is 12.6 Å². The number of unbranched alkanes of at least 4 members (excludes halogenated alkanes) is 2. The average molecular weight is 323 g/mol. The van der Waals surface area contributed by atoms with E-state index in [1.165, 1.54) is 12.3 Å². The highest BCUT2D eigenvalue weighted by Crippen LogP contribution is 2.12. The summed E-state index contributed by atoms with van der Waals surface area (Å²) < 4.78 is 5.25. The summed E-state index contributed by atoms with van der Waals surface area (Å²) in [6.45, 7) is 5.18. The minimum absolute atomic E-state index is 0.0184. The number of carbonyl (C=O) groups excluding carboxylic acids is 1. The van der Waals surface area contributed by atoms with Crippen LogP contribution >= 0.6 is 0 Å². The fraction of sp³-hybridized carbons (Fsp3) is 0.625. The van der Waals surface area contributed by atoms with Crippen LogP contribution in [0.2, 0.25) is 0 Å². The minimum atomic E-state index is -0.473. The lowest BCUT2D eigenvalue weighted by molar-refractivity contribution is -0.385. The maximum absolute atomic E-state index is 11.7. The van der Waals surface area contributed by atoms with Crippen molar-refractivity contribution in [2.75, 3.05) is 18.5 Å². The average Bonchev–Trinajstić information content (AvgIpc) is 2.55. The predicted octanol–water partition coefficient (Wildman–Crippen LogP) is 3.55. The van der Waals surface area contributed by atoms with E-state index >= 15 is 0 Å². The highest BCUT2D eigenvalue weighted by Gasteiger charge is 2.14. The largest absolute Gasteiger partial charge is 0.465 e. The summed E-state index contributed by atoms with van der Waals surface area (Å²) in [6.07, 6.45) is 5.57. The molecule has 0 bridgehead atoms. The molecule has 1 rings (SSSR count). The molecule has 0 aliphatic rings. The fourth-order valence-electron chi connectivity index (χ4n) is 2.13. The second kappa shape index (κ2) is 10.5. The van der Waals surface area contributed by atoms with Crippen molar-refractivity contribution in [1.29, 1.82) is 0 Å². The van der Waals surface area contributed by atoms with Crippen molar-refractivity contribution in [3.8, 4) is 0 Å². The molecule has 0 unspecified atom stereocenters. The molecular weight excluding hydrogens is 298 g/mol. The van der Waals surface area contributed by atoms with E-state index in [1.54, 1.807) is 6.07 Å². The van der Waals surface area contributed by atoms with E-state index in [4.69, 9.17) is 4.74 Å². The van der Waals surface area contributed by atoms with Crippen LogP contribution in [0.25, 0.3) is 0 Å². The molecule has 7 nitrogen and oxygen atoms in total. The molecule has 0 amide bonds. The number of esters is 1. The van der Waals surface area contributed by atoms with Crippen LogP contribution in [0.5, 0.6) is 0 Å². The Morgan fingerprint density at radius 2 is 2.04 bits per heavy atom. The number of carbonyl (C=O) groups is 1. The summed E-state index contributed by atoms with van der Waals surface area (Å²) in [6, 6.07) is 3.02. The van der Waals surface area contributed by atoms with Crippen molar-refractivity contribution in [2.24, 2.45) is 5.92 Å². The summed E-state index contributed by atoms with van der Waals surface area (Å²) in [5.41, 5.74) is -0.0187. The van der Waals surface area contributed by atoms with Crippen LogP contribution in [-0.4, -0.2) is 29.0 Å². The van der Waals surface area contributed by atoms with Crippen LogP contribution < -0.4 is 5.32 Å². The van der Waals surface area contributed by atoms with E-state index in [2.05, 4.69) is 10.3 Å². The van der Waals surface area contributed by atoms with Crippen LogP contribution in [0.1, 0.15) is 46.0 Å². The molecule has 1 N–H and O–H groups in total. The fourth-order valence-corrected chi connectivity index (χ4v) is 2.13. The van der Waals surface area contributed by atoms with Crippen molar-refractivity contribution < 1.29 is 14.5 Å². The smallest absolute Gasteiger partial charge is 0.308 e. The SMILES string of the molecule is CCC(CC)C(=O)OCCCCCNc1ccc([N+](=O)[O-])cn1. The molecule has 0 aliphatic heterocycles. The molecule has 1 heterocycles. The van der Waals surface area contributed by atoms with Crippen molar-refractivity contribution in [3.63, 3.8) is 0 Å². The first-order valence-corrected chi connectivity index (χ1v) is 8.09. The number of nitro groups is 1. The van der Waals surface area contributed by atoms with Gasteiger partial charge in [0.2, 0.25) is 0 Å². The van der Waals surface area contributed by atoms with Gasteiger partial charge >= 0.3 is 5.97 Å². The van der Waals surface area contributed by atoms with Gasteiger partial charge in [-0.1, -0.05) is 13.8 Å². The molecule has 1 aromatic rings. The number of rotatable bonds is 11. The van der Waals surface area contributed by atoms with E-state index in [9.17, 15) is 14.9 Å². The standard InChI is InChI=1S/C16H25N3O4/c1-3-13(4-2)16(20)23-11-7-5-6-10-17-15-9-8-14(12-18-15)19(21)22/h8-9,12-13H,3-7,10-11H2,1-2H3,(H,17,18). The van der Waals surface area contributed by atoms with Gasteiger partial charge in [0.15, 0.2) is 0 Å². The van der Waals surface area contributed by atoms with E-state index in [-0.39, 0.29) is 17.6 Å². The van der Waals surface area contributed by atoms with Gasteiger partial charge in [-0.15, -0.1) is 0 Å². The van der Waals surface area contributed by atoms with E-state index in [1.807, 2.05) is 13.8 Å². The molecule has 0 atom stereocenters. The topological polar surface area (TPSA) is 94.4 Å². The Morgan fingerprint density at radius 3 is 2.61 bits per heavy atom. The van der Waals surface area contributed by atoms with Crippen molar-refractivity contribution in [1.82, 2.24) is 4.98 Å². The first kappa shape index (κ1) is 18.9. The Balaban J connectivity index is 2.09.